The van der Waals surface area contributed by atoms with Crippen LogP contribution in [0.4, 0.5) is 11.6 Å². The van der Waals surface area contributed by atoms with Crippen molar-refractivity contribution < 1.29 is 4.84 Å². The van der Waals surface area contributed by atoms with E-state index in [9.17, 15) is 0 Å². The number of oxime groups is 1. The molecule has 0 unspecified atom stereocenters. The predicted molar refractivity (Wildman–Crippen MR) is 112 cm³/mol. The molecular formula is C21H26N6O. The monoisotopic (exact) mass is 378 g/mol. The van der Waals surface area contributed by atoms with E-state index in [1.165, 1.54) is 0 Å². The predicted octanol–water partition coefficient (Wildman–Crippen LogP) is 4.81. The molecule has 0 spiro atoms. The van der Waals surface area contributed by atoms with Crippen LogP contribution in [0.25, 0.3) is 11.4 Å². The molecule has 3 rings (SSSR count). The standard InChI is InChI=1S/C21H26N6O/c1-15(2)27-18(13-23-19(27)14-24-28-21(3,4)5)17-11-12-22-20(26-17)25-16-9-7-6-8-10-16/h6-15H,1-5H3,(H,22,25,26). The van der Waals surface area contributed by atoms with Crippen molar-refractivity contribution in [2.45, 2.75) is 46.3 Å². The SMILES string of the molecule is CC(C)n1c(-c2ccnc(Nc3ccccc3)n2)cnc1C=NOC(C)(C)C. The average Bonchev–Trinajstić information content (AvgIpc) is 3.06. The maximum atomic E-state index is 5.45. The first-order valence-corrected chi connectivity index (χ1v) is 9.28. The summed E-state index contributed by atoms with van der Waals surface area (Å²) < 4.78 is 2.07. The number of nitrogens with one attached hydrogen (secondary N) is 1. The van der Waals surface area contributed by atoms with Crippen molar-refractivity contribution in [2.24, 2.45) is 5.16 Å². The third-order valence-corrected chi connectivity index (χ3v) is 3.78. The van der Waals surface area contributed by atoms with Crippen LogP contribution in [0, 0.1) is 0 Å². The molecule has 1 N–H and O–H groups in total. The Balaban J connectivity index is 1.90. The summed E-state index contributed by atoms with van der Waals surface area (Å²) in [5.74, 6) is 1.25. The lowest BCUT2D eigenvalue weighted by Crippen LogP contribution is -2.16. The van der Waals surface area contributed by atoms with E-state index in [0.29, 0.717) is 11.8 Å². The van der Waals surface area contributed by atoms with Crippen LogP contribution in [0.15, 0.2) is 53.9 Å². The van der Waals surface area contributed by atoms with Crippen molar-refractivity contribution in [3.63, 3.8) is 0 Å². The van der Waals surface area contributed by atoms with Gasteiger partial charge in [-0.05, 0) is 52.8 Å². The number of hydrogen-bond acceptors (Lipinski definition) is 6. The van der Waals surface area contributed by atoms with Gasteiger partial charge in [0.25, 0.3) is 0 Å². The second-order valence-corrected chi connectivity index (χ2v) is 7.66. The molecule has 0 bridgehead atoms. The van der Waals surface area contributed by atoms with Gasteiger partial charge in [-0.25, -0.2) is 15.0 Å². The molecule has 2 aromatic heterocycles. The van der Waals surface area contributed by atoms with E-state index in [2.05, 4.69) is 43.8 Å². The summed E-state index contributed by atoms with van der Waals surface area (Å²) >= 11 is 0. The van der Waals surface area contributed by atoms with E-state index >= 15 is 0 Å². The summed E-state index contributed by atoms with van der Waals surface area (Å²) in [5, 5.41) is 7.31. The van der Waals surface area contributed by atoms with Gasteiger partial charge in [-0.1, -0.05) is 23.4 Å². The fourth-order valence-corrected chi connectivity index (χ4v) is 2.65. The Labute approximate surface area is 165 Å². The summed E-state index contributed by atoms with van der Waals surface area (Å²) in [7, 11) is 0. The number of aromatic nitrogens is 4. The van der Waals surface area contributed by atoms with Gasteiger partial charge < -0.3 is 14.7 Å². The number of anilines is 2. The highest BCUT2D eigenvalue weighted by Crippen LogP contribution is 2.24. The van der Waals surface area contributed by atoms with Crippen molar-refractivity contribution in [1.82, 2.24) is 19.5 Å². The summed E-state index contributed by atoms with van der Waals surface area (Å²) in [6, 6.07) is 11.9. The van der Waals surface area contributed by atoms with Gasteiger partial charge in [0.05, 0.1) is 17.6 Å². The molecule has 28 heavy (non-hydrogen) atoms. The largest absolute Gasteiger partial charge is 0.390 e. The van der Waals surface area contributed by atoms with Crippen LogP contribution >= 0.6 is 0 Å². The molecule has 7 heteroatoms. The Morgan fingerprint density at radius 1 is 1.11 bits per heavy atom. The Morgan fingerprint density at radius 2 is 1.86 bits per heavy atom. The maximum Gasteiger partial charge on any atom is 0.227 e. The number of nitrogens with zero attached hydrogens (tertiary/aromatic N) is 5. The third-order valence-electron chi connectivity index (χ3n) is 3.78. The normalized spacial score (nSPS) is 11.9. The number of para-hydroxylation sites is 1. The molecule has 146 valence electrons. The van der Waals surface area contributed by atoms with Gasteiger partial charge in [-0.2, -0.15) is 0 Å². The second-order valence-electron chi connectivity index (χ2n) is 7.66. The van der Waals surface area contributed by atoms with Gasteiger partial charge in [-0.15, -0.1) is 0 Å². The lowest BCUT2D eigenvalue weighted by Gasteiger charge is -2.16. The minimum Gasteiger partial charge on any atom is -0.390 e. The van der Waals surface area contributed by atoms with Crippen molar-refractivity contribution >= 4 is 17.9 Å². The molecule has 0 aliphatic heterocycles. The molecule has 2 heterocycles. The third kappa shape index (κ3) is 4.94. The molecule has 0 fully saturated rings. The zero-order valence-electron chi connectivity index (χ0n) is 16.9. The molecule has 0 saturated heterocycles. The maximum absolute atomic E-state index is 5.45. The van der Waals surface area contributed by atoms with E-state index in [4.69, 9.17) is 4.84 Å². The molecule has 0 aliphatic rings. The number of hydrogen-bond donors (Lipinski definition) is 1. The highest BCUT2D eigenvalue weighted by molar-refractivity contribution is 5.76. The fourth-order valence-electron chi connectivity index (χ4n) is 2.65. The second kappa shape index (κ2) is 8.21. The summed E-state index contributed by atoms with van der Waals surface area (Å²) in [5.41, 5.74) is 2.26. The summed E-state index contributed by atoms with van der Waals surface area (Å²) in [6.07, 6.45) is 5.17. The molecule has 1 aromatic carbocycles. The number of imidazole rings is 1. The zero-order valence-corrected chi connectivity index (χ0v) is 16.9. The zero-order chi connectivity index (χ0) is 20.1. The first-order valence-electron chi connectivity index (χ1n) is 9.28. The van der Waals surface area contributed by atoms with Gasteiger partial charge in [0, 0.05) is 17.9 Å². The Kier molecular flexibility index (Phi) is 5.73. The molecule has 7 nitrogen and oxygen atoms in total. The molecule has 0 radical (unpaired) electrons. The first kappa shape index (κ1) is 19.5. The van der Waals surface area contributed by atoms with Crippen LogP contribution in [0.3, 0.4) is 0 Å². The van der Waals surface area contributed by atoms with E-state index in [1.807, 2.05) is 57.2 Å². The minimum absolute atomic E-state index is 0.175. The fraction of sp³-hybridized carbons (Fsp3) is 0.333. The Hall–Kier alpha value is -3.22. The smallest absolute Gasteiger partial charge is 0.227 e. The van der Waals surface area contributed by atoms with Crippen LogP contribution in [0.2, 0.25) is 0 Å². The first-order chi connectivity index (χ1) is 13.3. The molecule has 3 aromatic rings. The molecule has 0 saturated carbocycles. The van der Waals surface area contributed by atoms with Crippen LogP contribution in [0.5, 0.6) is 0 Å². The van der Waals surface area contributed by atoms with Crippen LogP contribution < -0.4 is 5.32 Å². The van der Waals surface area contributed by atoms with Gasteiger partial charge >= 0.3 is 0 Å². The van der Waals surface area contributed by atoms with Gasteiger partial charge in [0.1, 0.15) is 11.8 Å². The van der Waals surface area contributed by atoms with Crippen LogP contribution in [-0.2, 0) is 4.84 Å². The highest BCUT2D eigenvalue weighted by Gasteiger charge is 2.16. The Morgan fingerprint density at radius 3 is 2.54 bits per heavy atom. The quantitative estimate of drug-likeness (QED) is 0.492. The molecule has 0 atom stereocenters. The summed E-state index contributed by atoms with van der Waals surface area (Å²) in [6.45, 7) is 10.0. The topological polar surface area (TPSA) is 77.2 Å². The van der Waals surface area contributed by atoms with Crippen molar-refractivity contribution in [3.05, 3.63) is 54.6 Å². The highest BCUT2D eigenvalue weighted by atomic mass is 16.6. The van der Waals surface area contributed by atoms with Crippen molar-refractivity contribution in [1.29, 1.82) is 0 Å². The van der Waals surface area contributed by atoms with Gasteiger partial charge in [0.2, 0.25) is 5.95 Å². The molecule has 0 aliphatic carbocycles. The lowest BCUT2D eigenvalue weighted by molar-refractivity contribution is 0.00190. The van der Waals surface area contributed by atoms with Gasteiger partial charge in [-0.3, -0.25) is 0 Å². The number of rotatable bonds is 6. The van der Waals surface area contributed by atoms with Crippen molar-refractivity contribution in [3.8, 4) is 11.4 Å². The lowest BCUT2D eigenvalue weighted by atomic mass is 10.2. The van der Waals surface area contributed by atoms with E-state index in [-0.39, 0.29) is 11.6 Å². The van der Waals surface area contributed by atoms with Crippen molar-refractivity contribution in [2.75, 3.05) is 5.32 Å². The van der Waals surface area contributed by atoms with E-state index in [1.54, 1.807) is 18.6 Å². The average molecular weight is 378 g/mol. The summed E-state index contributed by atoms with van der Waals surface area (Å²) in [4.78, 5) is 18.9. The van der Waals surface area contributed by atoms with E-state index in [0.717, 1.165) is 17.1 Å². The van der Waals surface area contributed by atoms with E-state index < -0.39 is 0 Å². The van der Waals surface area contributed by atoms with Crippen LogP contribution in [0.1, 0.15) is 46.5 Å². The molecule has 0 amide bonds. The van der Waals surface area contributed by atoms with Gasteiger partial charge in [0.15, 0.2) is 5.82 Å². The minimum atomic E-state index is -0.348. The number of benzene rings is 1. The Bertz CT molecular complexity index is 941. The van der Waals surface area contributed by atoms with Crippen LogP contribution in [-0.4, -0.2) is 31.3 Å². The molecular weight excluding hydrogens is 352 g/mol.